The average Bonchev–Trinajstić information content (AvgIpc) is 3.30. The molecule has 1 saturated carbocycles. The van der Waals surface area contributed by atoms with E-state index in [4.69, 9.17) is 46.4 Å². The van der Waals surface area contributed by atoms with E-state index in [1.807, 2.05) is 0 Å². The van der Waals surface area contributed by atoms with E-state index >= 15 is 0 Å². The number of hydrogen-bond acceptors (Lipinski definition) is 4. The van der Waals surface area contributed by atoms with Gasteiger partial charge in [0.1, 0.15) is 12.6 Å². The maximum absolute atomic E-state index is 13.8. The Balaban J connectivity index is 1.97. The summed E-state index contributed by atoms with van der Waals surface area (Å²) in [6.45, 7) is 1.22. The molecule has 1 N–H and O–H groups in total. The molecule has 0 spiro atoms. The highest BCUT2D eigenvalue weighted by molar-refractivity contribution is 7.92. The number of carbonyl (C=O) groups is 2. The Bertz CT molecular complexity index is 1230. The topological polar surface area (TPSA) is 86.8 Å². The molecule has 2 amide bonds. The second-order valence-electron chi connectivity index (χ2n) is 9.07. The molecule has 0 heterocycles. The number of anilines is 1. The Kier molecular flexibility index (Phi) is 10.4. The van der Waals surface area contributed by atoms with Crippen LogP contribution in [0.3, 0.4) is 0 Å². The van der Waals surface area contributed by atoms with Crippen LogP contribution in [0.4, 0.5) is 5.69 Å². The van der Waals surface area contributed by atoms with Crippen molar-refractivity contribution in [3.8, 4) is 0 Å². The highest BCUT2D eigenvalue weighted by Crippen LogP contribution is 2.28. The number of nitrogens with one attached hydrogen (secondary N) is 1. The molecule has 0 unspecified atom stereocenters. The van der Waals surface area contributed by atoms with Gasteiger partial charge in [-0.25, -0.2) is 8.42 Å². The first-order valence-corrected chi connectivity index (χ1v) is 15.2. The van der Waals surface area contributed by atoms with Gasteiger partial charge in [-0.15, -0.1) is 0 Å². The van der Waals surface area contributed by atoms with Gasteiger partial charge in [0.05, 0.1) is 11.9 Å². The fourth-order valence-corrected chi connectivity index (χ4v) is 6.23. The summed E-state index contributed by atoms with van der Waals surface area (Å²) in [6.07, 6.45) is 5.15. The predicted octanol–water partition coefficient (Wildman–Crippen LogP) is 5.93. The number of hydrogen-bond donors (Lipinski definition) is 1. The molecule has 3 rings (SSSR count). The number of halogens is 4. The Hall–Kier alpha value is -1.71. The summed E-state index contributed by atoms with van der Waals surface area (Å²) in [5.41, 5.74) is 0.713. The summed E-state index contributed by atoms with van der Waals surface area (Å²) in [7, 11) is -3.91. The van der Waals surface area contributed by atoms with E-state index in [2.05, 4.69) is 5.32 Å². The van der Waals surface area contributed by atoms with Crippen LogP contribution in [0.15, 0.2) is 36.4 Å². The minimum Gasteiger partial charge on any atom is -0.352 e. The van der Waals surface area contributed by atoms with Crippen LogP contribution in [-0.4, -0.2) is 50.0 Å². The molecular weight excluding hydrogens is 580 g/mol. The van der Waals surface area contributed by atoms with Crippen molar-refractivity contribution in [3.63, 3.8) is 0 Å². The molecule has 2 aromatic carbocycles. The zero-order valence-electron chi connectivity index (χ0n) is 20.5. The van der Waals surface area contributed by atoms with E-state index in [0.717, 1.165) is 36.2 Å². The van der Waals surface area contributed by atoms with Gasteiger partial charge in [-0.1, -0.05) is 72.2 Å². The third-order valence-electron chi connectivity index (χ3n) is 6.26. The zero-order valence-corrected chi connectivity index (χ0v) is 24.4. The molecular formula is C25H29Cl4N3O4S. The smallest absolute Gasteiger partial charge is 0.244 e. The van der Waals surface area contributed by atoms with Gasteiger partial charge in [0.2, 0.25) is 21.8 Å². The minimum absolute atomic E-state index is 0.0146. The molecule has 12 heteroatoms. The van der Waals surface area contributed by atoms with Crippen LogP contribution in [0.1, 0.15) is 44.6 Å². The Morgan fingerprint density at radius 1 is 1.00 bits per heavy atom. The van der Waals surface area contributed by atoms with Crippen LogP contribution < -0.4 is 9.62 Å². The maximum atomic E-state index is 13.8. The third kappa shape index (κ3) is 8.14. The zero-order chi connectivity index (χ0) is 27.3. The molecule has 1 fully saturated rings. The van der Waals surface area contributed by atoms with E-state index in [-0.39, 0.29) is 34.2 Å². The average molecular weight is 609 g/mol. The molecule has 202 valence electrons. The van der Waals surface area contributed by atoms with Crippen molar-refractivity contribution in [1.29, 1.82) is 0 Å². The standard InChI is InChI=1S/C25H29Cl4N3O4S/c1-3-23(25(34)30-20-6-4-5-7-20)31(14-16-8-9-17(26)13-22(16)29)24(33)15-32(37(2,35)36)21-11-18(27)10-19(28)12-21/h8-13,20,23H,3-7,14-15H2,1-2H3,(H,30,34)/t23-/m1/s1. The van der Waals surface area contributed by atoms with Crippen LogP contribution in [0.25, 0.3) is 0 Å². The summed E-state index contributed by atoms with van der Waals surface area (Å²) in [5, 5.41) is 4.25. The first-order valence-electron chi connectivity index (χ1n) is 11.9. The molecule has 0 aromatic heterocycles. The first-order chi connectivity index (χ1) is 17.4. The van der Waals surface area contributed by atoms with E-state index < -0.39 is 28.5 Å². The van der Waals surface area contributed by atoms with Crippen LogP contribution in [0.5, 0.6) is 0 Å². The van der Waals surface area contributed by atoms with Gasteiger partial charge in [-0.2, -0.15) is 0 Å². The maximum Gasteiger partial charge on any atom is 0.244 e. The van der Waals surface area contributed by atoms with Gasteiger partial charge in [0.25, 0.3) is 0 Å². The Morgan fingerprint density at radius 2 is 1.62 bits per heavy atom. The summed E-state index contributed by atoms with van der Waals surface area (Å²) < 4.78 is 26.4. The van der Waals surface area contributed by atoms with Gasteiger partial charge in [0, 0.05) is 32.7 Å². The van der Waals surface area contributed by atoms with Crippen molar-refractivity contribution >= 4 is 73.9 Å². The molecule has 37 heavy (non-hydrogen) atoms. The molecule has 2 aromatic rings. The normalized spacial score (nSPS) is 14.9. The predicted molar refractivity (Wildman–Crippen MR) is 150 cm³/mol. The SMILES string of the molecule is CC[C@H](C(=O)NC1CCCC1)N(Cc1ccc(Cl)cc1Cl)C(=O)CN(c1cc(Cl)cc(Cl)c1)S(C)(=O)=O. The van der Waals surface area contributed by atoms with E-state index in [9.17, 15) is 18.0 Å². The first kappa shape index (κ1) is 29.8. The largest absolute Gasteiger partial charge is 0.352 e. The lowest BCUT2D eigenvalue weighted by molar-refractivity contribution is -0.140. The van der Waals surface area contributed by atoms with Crippen LogP contribution in [-0.2, 0) is 26.2 Å². The number of sulfonamides is 1. The number of rotatable bonds is 10. The molecule has 1 atom stereocenters. The van der Waals surface area contributed by atoms with Gasteiger partial charge in [-0.3, -0.25) is 13.9 Å². The quantitative estimate of drug-likeness (QED) is 0.362. The van der Waals surface area contributed by atoms with E-state index in [0.29, 0.717) is 22.0 Å². The lowest BCUT2D eigenvalue weighted by Gasteiger charge is -2.33. The number of nitrogens with zero attached hydrogens (tertiary/aromatic N) is 2. The van der Waals surface area contributed by atoms with Crippen molar-refractivity contribution < 1.29 is 18.0 Å². The van der Waals surface area contributed by atoms with Crippen LogP contribution in [0, 0.1) is 0 Å². The van der Waals surface area contributed by atoms with Gasteiger partial charge in [-0.05, 0) is 55.2 Å². The Labute approximate surface area is 238 Å². The lowest BCUT2D eigenvalue weighted by atomic mass is 10.1. The number of amides is 2. The lowest BCUT2D eigenvalue weighted by Crippen LogP contribution is -2.53. The van der Waals surface area contributed by atoms with Crippen molar-refractivity contribution in [2.75, 3.05) is 17.1 Å². The summed E-state index contributed by atoms with van der Waals surface area (Å²) in [4.78, 5) is 28.5. The molecule has 0 saturated heterocycles. The highest BCUT2D eigenvalue weighted by atomic mass is 35.5. The highest BCUT2D eigenvalue weighted by Gasteiger charge is 2.33. The van der Waals surface area contributed by atoms with E-state index in [1.165, 1.54) is 23.1 Å². The Morgan fingerprint density at radius 3 is 2.16 bits per heavy atom. The second-order valence-corrected chi connectivity index (χ2v) is 12.7. The molecule has 1 aliphatic carbocycles. The van der Waals surface area contributed by atoms with Gasteiger partial charge >= 0.3 is 0 Å². The van der Waals surface area contributed by atoms with Gasteiger partial charge in [0.15, 0.2) is 0 Å². The van der Waals surface area contributed by atoms with Crippen molar-refractivity contribution in [3.05, 3.63) is 62.1 Å². The minimum atomic E-state index is -3.91. The monoisotopic (exact) mass is 607 g/mol. The summed E-state index contributed by atoms with van der Waals surface area (Å²) in [5.74, 6) is -0.870. The molecule has 1 aliphatic rings. The van der Waals surface area contributed by atoms with Crippen molar-refractivity contribution in [2.24, 2.45) is 0 Å². The summed E-state index contributed by atoms with van der Waals surface area (Å²) >= 11 is 24.6. The van der Waals surface area contributed by atoms with Gasteiger partial charge < -0.3 is 10.2 Å². The molecule has 0 bridgehead atoms. The van der Waals surface area contributed by atoms with Crippen LogP contribution in [0.2, 0.25) is 20.1 Å². The fourth-order valence-electron chi connectivity index (χ4n) is 4.42. The second kappa shape index (κ2) is 12.9. The van der Waals surface area contributed by atoms with Crippen LogP contribution >= 0.6 is 46.4 Å². The summed E-state index contributed by atoms with van der Waals surface area (Å²) in [6, 6.07) is 8.36. The number of benzene rings is 2. The van der Waals surface area contributed by atoms with Crippen molar-refractivity contribution in [1.82, 2.24) is 10.2 Å². The number of carbonyl (C=O) groups excluding carboxylic acids is 2. The molecule has 0 radical (unpaired) electrons. The van der Waals surface area contributed by atoms with E-state index in [1.54, 1.807) is 25.1 Å². The third-order valence-corrected chi connectivity index (χ3v) is 8.42. The van der Waals surface area contributed by atoms with Crippen molar-refractivity contribution in [2.45, 2.75) is 57.7 Å². The fraction of sp³-hybridized carbons (Fsp3) is 0.440. The molecule has 7 nitrogen and oxygen atoms in total. The molecule has 0 aliphatic heterocycles.